The van der Waals surface area contributed by atoms with Crippen LogP contribution in [-0.4, -0.2) is 18.0 Å². The Kier molecular flexibility index (Phi) is 4.32. The number of carbonyl (C=O) groups excluding carboxylic acids is 1. The molecule has 1 amide bonds. The predicted molar refractivity (Wildman–Crippen MR) is 74.4 cm³/mol. The lowest BCUT2D eigenvalue weighted by molar-refractivity contribution is -0.120. The lowest BCUT2D eigenvalue weighted by atomic mass is 10.3. The van der Waals surface area contributed by atoms with Gasteiger partial charge >= 0.3 is 0 Å². The molecule has 100 valence electrons. The number of benzene rings is 1. The van der Waals surface area contributed by atoms with E-state index in [0.717, 1.165) is 11.4 Å². The van der Waals surface area contributed by atoms with Gasteiger partial charge in [0, 0.05) is 5.38 Å². The van der Waals surface area contributed by atoms with E-state index < -0.39 is 0 Å². The third-order valence-corrected chi connectivity index (χ3v) is 3.21. The van der Waals surface area contributed by atoms with Crippen molar-refractivity contribution >= 4 is 28.1 Å². The molecular weight excluding hydrogens is 264 g/mol. The van der Waals surface area contributed by atoms with Gasteiger partial charge in [-0.05, 0) is 12.1 Å². The zero-order valence-corrected chi connectivity index (χ0v) is 11.2. The predicted octanol–water partition coefficient (Wildman–Crippen LogP) is 1.43. The number of nitrogens with one attached hydrogen (secondary N) is 2. The molecular formula is C12H14N4O2S. The number of para-hydroxylation sites is 2. The fourth-order valence-electron chi connectivity index (χ4n) is 1.52. The number of nitrogens with zero attached hydrogens (tertiary/aromatic N) is 1. The number of rotatable bonds is 5. The van der Waals surface area contributed by atoms with Gasteiger partial charge in [-0.25, -0.2) is 10.8 Å². The van der Waals surface area contributed by atoms with Gasteiger partial charge in [0.05, 0.1) is 24.9 Å². The van der Waals surface area contributed by atoms with Crippen molar-refractivity contribution < 1.29 is 9.53 Å². The molecule has 1 heterocycles. The van der Waals surface area contributed by atoms with Crippen LogP contribution in [0.4, 0.5) is 10.8 Å². The van der Waals surface area contributed by atoms with E-state index in [2.05, 4.69) is 15.7 Å². The molecule has 0 spiro atoms. The first kappa shape index (κ1) is 13.3. The first-order valence-electron chi connectivity index (χ1n) is 5.57. The molecule has 0 unspecified atom stereocenters. The molecule has 1 aromatic carbocycles. The SMILES string of the molecule is COc1ccccc1Nc1nc(CC(=O)NN)cs1. The number of ether oxygens (including phenoxy) is 1. The van der Waals surface area contributed by atoms with Gasteiger partial charge in [0.2, 0.25) is 5.91 Å². The number of carbonyl (C=O) groups is 1. The van der Waals surface area contributed by atoms with Gasteiger partial charge in [-0.1, -0.05) is 12.1 Å². The van der Waals surface area contributed by atoms with Crippen molar-refractivity contribution in [3.63, 3.8) is 0 Å². The fraction of sp³-hybridized carbons (Fsp3) is 0.167. The van der Waals surface area contributed by atoms with Crippen LogP contribution in [0.15, 0.2) is 29.6 Å². The van der Waals surface area contributed by atoms with Crippen molar-refractivity contribution in [2.24, 2.45) is 5.84 Å². The maximum Gasteiger partial charge on any atom is 0.239 e. The van der Waals surface area contributed by atoms with E-state index in [-0.39, 0.29) is 12.3 Å². The lowest BCUT2D eigenvalue weighted by Crippen LogP contribution is -2.31. The highest BCUT2D eigenvalue weighted by Gasteiger charge is 2.08. The second-order valence-electron chi connectivity index (χ2n) is 3.71. The first-order valence-corrected chi connectivity index (χ1v) is 6.44. The summed E-state index contributed by atoms with van der Waals surface area (Å²) in [5, 5.41) is 5.67. The van der Waals surface area contributed by atoms with Crippen LogP contribution in [0.2, 0.25) is 0 Å². The molecule has 0 fully saturated rings. The van der Waals surface area contributed by atoms with Crippen LogP contribution in [0.1, 0.15) is 5.69 Å². The summed E-state index contributed by atoms with van der Waals surface area (Å²) in [7, 11) is 1.61. The summed E-state index contributed by atoms with van der Waals surface area (Å²) < 4.78 is 5.24. The van der Waals surface area contributed by atoms with Gasteiger partial charge in [-0.3, -0.25) is 10.2 Å². The number of amides is 1. The van der Waals surface area contributed by atoms with Crippen molar-refractivity contribution in [3.8, 4) is 5.75 Å². The van der Waals surface area contributed by atoms with E-state index in [1.165, 1.54) is 11.3 Å². The Labute approximate surface area is 114 Å². The molecule has 0 atom stereocenters. The molecule has 19 heavy (non-hydrogen) atoms. The molecule has 0 radical (unpaired) electrons. The van der Waals surface area contributed by atoms with Crippen LogP contribution >= 0.6 is 11.3 Å². The minimum atomic E-state index is -0.269. The van der Waals surface area contributed by atoms with Gasteiger partial charge in [0.15, 0.2) is 5.13 Å². The van der Waals surface area contributed by atoms with E-state index in [1.54, 1.807) is 7.11 Å². The van der Waals surface area contributed by atoms with Crippen LogP contribution in [0.5, 0.6) is 5.75 Å². The smallest absolute Gasteiger partial charge is 0.239 e. The molecule has 1 aromatic heterocycles. The average molecular weight is 278 g/mol. The molecule has 0 saturated carbocycles. The lowest BCUT2D eigenvalue weighted by Gasteiger charge is -2.07. The summed E-state index contributed by atoms with van der Waals surface area (Å²) in [6.45, 7) is 0. The second-order valence-corrected chi connectivity index (χ2v) is 4.57. The Morgan fingerprint density at radius 2 is 2.26 bits per heavy atom. The number of hydrogen-bond acceptors (Lipinski definition) is 6. The Hall–Kier alpha value is -2.12. The zero-order valence-electron chi connectivity index (χ0n) is 10.3. The van der Waals surface area contributed by atoms with Crippen molar-refractivity contribution in [2.75, 3.05) is 12.4 Å². The minimum Gasteiger partial charge on any atom is -0.495 e. The van der Waals surface area contributed by atoms with Crippen LogP contribution in [0, 0.1) is 0 Å². The summed E-state index contributed by atoms with van der Waals surface area (Å²) >= 11 is 1.42. The fourth-order valence-corrected chi connectivity index (χ4v) is 2.25. The van der Waals surface area contributed by atoms with Gasteiger partial charge < -0.3 is 10.1 Å². The number of aromatic nitrogens is 1. The summed E-state index contributed by atoms with van der Waals surface area (Å²) in [6.07, 6.45) is 0.167. The van der Waals surface area contributed by atoms with E-state index in [0.29, 0.717) is 10.8 Å². The molecule has 0 aliphatic heterocycles. The summed E-state index contributed by atoms with van der Waals surface area (Å²) in [5.41, 5.74) is 3.58. The van der Waals surface area contributed by atoms with Crippen LogP contribution in [0.3, 0.4) is 0 Å². The third kappa shape index (κ3) is 3.43. The number of thiazole rings is 1. The standard InChI is InChI=1S/C12H14N4O2S/c1-18-10-5-3-2-4-9(10)15-12-14-8(7-19-12)6-11(17)16-13/h2-5,7H,6,13H2,1H3,(H,14,15)(H,16,17). The number of anilines is 2. The Bertz CT molecular complexity index is 570. The van der Waals surface area contributed by atoms with E-state index in [9.17, 15) is 4.79 Å². The van der Waals surface area contributed by atoms with Gasteiger partial charge in [-0.15, -0.1) is 11.3 Å². The first-order chi connectivity index (χ1) is 9.22. The molecule has 0 aliphatic rings. The molecule has 4 N–H and O–H groups in total. The maximum atomic E-state index is 11.1. The molecule has 2 rings (SSSR count). The quantitative estimate of drug-likeness (QED) is 0.437. The summed E-state index contributed by atoms with van der Waals surface area (Å²) in [6, 6.07) is 7.55. The van der Waals surface area contributed by atoms with Gasteiger partial charge in [0.1, 0.15) is 5.75 Å². The number of hydrazine groups is 1. The molecule has 0 bridgehead atoms. The Morgan fingerprint density at radius 3 is 3.00 bits per heavy atom. The Morgan fingerprint density at radius 1 is 1.47 bits per heavy atom. The molecule has 2 aromatic rings. The van der Waals surface area contributed by atoms with Crippen molar-refractivity contribution in [3.05, 3.63) is 35.3 Å². The van der Waals surface area contributed by atoms with Gasteiger partial charge in [-0.2, -0.15) is 0 Å². The third-order valence-electron chi connectivity index (χ3n) is 2.40. The monoisotopic (exact) mass is 278 g/mol. The van der Waals surface area contributed by atoms with Crippen molar-refractivity contribution in [1.29, 1.82) is 0 Å². The largest absolute Gasteiger partial charge is 0.495 e. The normalized spacial score (nSPS) is 10.0. The van der Waals surface area contributed by atoms with Crippen LogP contribution in [-0.2, 0) is 11.2 Å². The van der Waals surface area contributed by atoms with E-state index in [4.69, 9.17) is 10.6 Å². The van der Waals surface area contributed by atoms with Crippen LogP contribution in [0.25, 0.3) is 0 Å². The van der Waals surface area contributed by atoms with Gasteiger partial charge in [0.25, 0.3) is 0 Å². The molecule has 0 saturated heterocycles. The molecule has 0 aliphatic carbocycles. The average Bonchev–Trinajstić information content (AvgIpc) is 2.86. The number of methoxy groups -OCH3 is 1. The highest BCUT2D eigenvalue weighted by Crippen LogP contribution is 2.28. The number of nitrogens with two attached hydrogens (primary N) is 1. The zero-order chi connectivity index (χ0) is 13.7. The molecule has 6 nitrogen and oxygen atoms in total. The van der Waals surface area contributed by atoms with Crippen molar-refractivity contribution in [1.82, 2.24) is 10.4 Å². The maximum absolute atomic E-state index is 11.1. The molecule has 7 heteroatoms. The second kappa shape index (κ2) is 6.17. The van der Waals surface area contributed by atoms with E-state index >= 15 is 0 Å². The summed E-state index contributed by atoms with van der Waals surface area (Å²) in [4.78, 5) is 15.4. The number of hydrogen-bond donors (Lipinski definition) is 3. The Balaban J connectivity index is 2.09. The highest BCUT2D eigenvalue weighted by atomic mass is 32.1. The van der Waals surface area contributed by atoms with Crippen molar-refractivity contribution in [2.45, 2.75) is 6.42 Å². The summed E-state index contributed by atoms with van der Waals surface area (Å²) in [5.74, 6) is 5.50. The minimum absolute atomic E-state index is 0.167. The van der Waals surface area contributed by atoms with Crippen LogP contribution < -0.4 is 21.3 Å². The van der Waals surface area contributed by atoms with E-state index in [1.807, 2.05) is 29.6 Å². The topological polar surface area (TPSA) is 89.3 Å². The highest BCUT2D eigenvalue weighted by molar-refractivity contribution is 7.13.